The number of quaternary nitrogens is 1. The number of carbonyl (C=O) groups is 2. The van der Waals surface area contributed by atoms with Gasteiger partial charge in [0.25, 0.3) is 0 Å². The molecule has 0 aliphatic heterocycles. The van der Waals surface area contributed by atoms with Gasteiger partial charge in [-0.1, -0.05) is 77.3 Å². The first-order chi connectivity index (χ1) is 17.8. The van der Waals surface area contributed by atoms with E-state index in [1.807, 2.05) is 0 Å². The van der Waals surface area contributed by atoms with E-state index < -0.39 is 5.78 Å². The van der Waals surface area contributed by atoms with Crippen LogP contribution in [-0.2, 0) is 6.54 Å². The van der Waals surface area contributed by atoms with Crippen LogP contribution in [0, 0.1) is 0 Å². The van der Waals surface area contributed by atoms with Crippen molar-refractivity contribution in [3.05, 3.63) is 58.1 Å². The van der Waals surface area contributed by atoms with Crippen LogP contribution in [0.15, 0.2) is 30.3 Å². The van der Waals surface area contributed by atoms with Gasteiger partial charge in [-0.3, -0.25) is 9.59 Å². The summed E-state index contributed by atoms with van der Waals surface area (Å²) in [5.41, 5.74) is 1.30. The molecule has 0 bridgehead atoms. The molecule has 0 spiro atoms. The Kier molecular flexibility index (Phi) is 10.7. The van der Waals surface area contributed by atoms with E-state index in [0.29, 0.717) is 6.54 Å². The van der Waals surface area contributed by atoms with E-state index in [1.165, 1.54) is 70.3 Å². The summed E-state index contributed by atoms with van der Waals surface area (Å²) in [7, 11) is 2.29. The number of nitrogens with zero attached hydrogens (tertiary/aromatic N) is 1. The summed E-state index contributed by atoms with van der Waals surface area (Å²) < 4.78 is 0.860. The first-order valence-corrected chi connectivity index (χ1v) is 14.4. The first kappa shape index (κ1) is 28.9. The molecule has 0 atom stereocenters. The van der Waals surface area contributed by atoms with Crippen LogP contribution in [0.25, 0.3) is 0 Å². The van der Waals surface area contributed by atoms with Crippen molar-refractivity contribution in [3.8, 4) is 11.5 Å². The van der Waals surface area contributed by atoms with Crippen molar-refractivity contribution >= 4 is 11.6 Å². The molecule has 0 heterocycles. The van der Waals surface area contributed by atoms with Crippen LogP contribution in [0.4, 0.5) is 0 Å². The van der Waals surface area contributed by atoms with Crippen molar-refractivity contribution < 1.29 is 24.3 Å². The normalized spacial score (nSPS) is 13.1. The van der Waals surface area contributed by atoms with E-state index in [2.05, 4.69) is 20.9 Å². The predicted molar refractivity (Wildman–Crippen MR) is 149 cm³/mol. The number of ketones is 2. The topological polar surface area (TPSA) is 74.6 Å². The summed E-state index contributed by atoms with van der Waals surface area (Å²) in [6, 6.07) is 7.98. The number of rotatable bonds is 16. The largest absolute Gasteiger partial charge is 0.507 e. The zero-order chi connectivity index (χ0) is 26.8. The second kappa shape index (κ2) is 13.8. The number of hydrogen-bond acceptors (Lipinski definition) is 4. The molecule has 0 fully saturated rings. The van der Waals surface area contributed by atoms with Crippen LogP contribution in [0.1, 0.15) is 128 Å². The zero-order valence-corrected chi connectivity index (χ0v) is 23.2. The fourth-order valence-corrected chi connectivity index (χ4v) is 5.69. The Morgan fingerprint density at radius 1 is 0.649 bits per heavy atom. The summed E-state index contributed by atoms with van der Waals surface area (Å²) >= 11 is 0. The minimum absolute atomic E-state index is 0.00352. The van der Waals surface area contributed by atoms with Crippen LogP contribution >= 0.6 is 0 Å². The molecule has 0 radical (unpaired) electrons. The highest BCUT2D eigenvalue weighted by molar-refractivity contribution is 6.30. The van der Waals surface area contributed by atoms with E-state index in [4.69, 9.17) is 0 Å². The van der Waals surface area contributed by atoms with Gasteiger partial charge in [0.05, 0.1) is 31.3 Å². The lowest BCUT2D eigenvalue weighted by atomic mass is 9.82. The van der Waals surface area contributed by atoms with E-state index in [9.17, 15) is 19.8 Å². The number of phenolic OH excluding ortho intramolecular Hbond substituents is 2. The predicted octanol–water partition coefficient (Wildman–Crippen LogP) is 7.54. The molecule has 0 saturated heterocycles. The SMILES string of the molecule is CCCCCCCC[N+](C)(CCCCCCCC)Cc1cc(O)c2c(c1)C(=O)c1cccc(O)c1C2=O. The van der Waals surface area contributed by atoms with Crippen molar-refractivity contribution in [3.63, 3.8) is 0 Å². The van der Waals surface area contributed by atoms with Crippen LogP contribution in [0.5, 0.6) is 11.5 Å². The number of hydrogen-bond donors (Lipinski definition) is 2. The Labute approximate surface area is 223 Å². The second-order valence-electron chi connectivity index (χ2n) is 11.2. The van der Waals surface area contributed by atoms with Crippen LogP contribution < -0.4 is 0 Å². The third-order valence-corrected chi connectivity index (χ3v) is 7.83. The third kappa shape index (κ3) is 7.44. The van der Waals surface area contributed by atoms with Gasteiger partial charge in [0.2, 0.25) is 5.78 Å². The number of aromatic hydroxyl groups is 2. The Morgan fingerprint density at radius 3 is 1.78 bits per heavy atom. The average molecular weight is 509 g/mol. The Hall–Kier alpha value is -2.66. The number of phenols is 2. The van der Waals surface area contributed by atoms with Crippen molar-refractivity contribution in [1.29, 1.82) is 0 Å². The van der Waals surface area contributed by atoms with Gasteiger partial charge in [-0.05, 0) is 43.9 Å². The molecule has 0 amide bonds. The summed E-state index contributed by atoms with van der Waals surface area (Å²) in [6.45, 7) is 7.30. The molecule has 0 unspecified atom stereocenters. The lowest BCUT2D eigenvalue weighted by molar-refractivity contribution is -0.923. The smallest absolute Gasteiger partial charge is 0.201 e. The summed E-state index contributed by atoms with van der Waals surface area (Å²) in [6.07, 6.45) is 15.0. The molecule has 202 valence electrons. The molecule has 5 heteroatoms. The van der Waals surface area contributed by atoms with Crippen molar-refractivity contribution in [2.45, 2.75) is 97.4 Å². The van der Waals surface area contributed by atoms with Gasteiger partial charge in [-0.25, -0.2) is 0 Å². The minimum Gasteiger partial charge on any atom is -0.507 e. The van der Waals surface area contributed by atoms with Gasteiger partial charge in [0.15, 0.2) is 5.78 Å². The monoisotopic (exact) mass is 508 g/mol. The van der Waals surface area contributed by atoms with E-state index in [1.54, 1.807) is 24.3 Å². The molecule has 0 saturated carbocycles. The highest BCUT2D eigenvalue weighted by Gasteiger charge is 2.35. The Bertz CT molecular complexity index is 1060. The molecule has 0 aromatic heterocycles. The molecule has 1 aliphatic carbocycles. The molecule has 3 rings (SSSR count). The number of benzene rings is 2. The van der Waals surface area contributed by atoms with Gasteiger partial charge in [-0.15, -0.1) is 0 Å². The molecule has 2 N–H and O–H groups in total. The van der Waals surface area contributed by atoms with Crippen molar-refractivity contribution in [2.24, 2.45) is 0 Å². The number of fused-ring (bicyclic) bond motifs is 2. The lowest BCUT2D eigenvalue weighted by Crippen LogP contribution is -2.44. The van der Waals surface area contributed by atoms with Crippen molar-refractivity contribution in [1.82, 2.24) is 0 Å². The fourth-order valence-electron chi connectivity index (χ4n) is 5.69. The van der Waals surface area contributed by atoms with Gasteiger partial charge < -0.3 is 14.7 Å². The standard InChI is InChI=1S/C32H45NO4/c1-4-6-8-10-12-14-19-33(3,20-15-13-11-9-7-5-2)23-24-21-26-30(28(35)22-24)32(37)29-25(31(26)36)17-16-18-27(29)34/h16-18,21-22H,4-15,19-20,23H2,1-3H3,(H-,34,35,37)/p+1. The fraction of sp³-hybridized carbons (Fsp3) is 0.562. The molecule has 2 aromatic carbocycles. The van der Waals surface area contributed by atoms with E-state index in [0.717, 1.165) is 36.0 Å². The molecule has 1 aliphatic rings. The Balaban J connectivity index is 1.78. The highest BCUT2D eigenvalue weighted by Crippen LogP contribution is 2.37. The highest BCUT2D eigenvalue weighted by atomic mass is 16.3. The molecular weight excluding hydrogens is 462 g/mol. The summed E-state index contributed by atoms with van der Waals surface area (Å²) in [4.78, 5) is 26.4. The van der Waals surface area contributed by atoms with E-state index in [-0.39, 0.29) is 39.5 Å². The van der Waals surface area contributed by atoms with Crippen LogP contribution in [0.3, 0.4) is 0 Å². The van der Waals surface area contributed by atoms with E-state index >= 15 is 0 Å². The lowest BCUT2D eigenvalue weighted by Gasteiger charge is -2.35. The number of carbonyl (C=O) groups excluding carboxylic acids is 2. The molecular formula is C32H46NO4+. The van der Waals surface area contributed by atoms with Crippen LogP contribution in [-0.4, -0.2) is 46.4 Å². The maximum absolute atomic E-state index is 13.3. The van der Waals surface area contributed by atoms with Crippen molar-refractivity contribution in [2.75, 3.05) is 20.1 Å². The maximum atomic E-state index is 13.3. The Morgan fingerprint density at radius 2 is 1.19 bits per heavy atom. The van der Waals surface area contributed by atoms with Gasteiger partial charge in [0.1, 0.15) is 18.0 Å². The summed E-state index contributed by atoms with van der Waals surface area (Å²) in [5, 5.41) is 21.1. The summed E-state index contributed by atoms with van der Waals surface area (Å²) in [5.74, 6) is -1.22. The molecule has 2 aromatic rings. The molecule has 5 nitrogen and oxygen atoms in total. The minimum atomic E-state index is -0.497. The maximum Gasteiger partial charge on any atom is 0.201 e. The first-order valence-electron chi connectivity index (χ1n) is 14.4. The average Bonchev–Trinajstić information content (AvgIpc) is 2.86. The van der Waals surface area contributed by atoms with Gasteiger partial charge in [-0.2, -0.15) is 0 Å². The zero-order valence-electron chi connectivity index (χ0n) is 23.2. The third-order valence-electron chi connectivity index (χ3n) is 7.83. The quantitative estimate of drug-likeness (QED) is 0.155. The van der Waals surface area contributed by atoms with Gasteiger partial charge in [0, 0.05) is 16.7 Å². The second-order valence-corrected chi connectivity index (χ2v) is 11.2. The van der Waals surface area contributed by atoms with Crippen LogP contribution in [0.2, 0.25) is 0 Å². The van der Waals surface area contributed by atoms with Gasteiger partial charge >= 0.3 is 0 Å². The number of unbranched alkanes of at least 4 members (excludes halogenated alkanes) is 10. The molecule has 37 heavy (non-hydrogen) atoms.